The molecule has 2 heterocycles. The summed E-state index contributed by atoms with van der Waals surface area (Å²) in [5, 5.41) is 0. The van der Waals surface area contributed by atoms with Crippen molar-refractivity contribution in [2.24, 2.45) is 0 Å². The van der Waals surface area contributed by atoms with Crippen LogP contribution >= 0.6 is 0 Å². The lowest BCUT2D eigenvalue weighted by molar-refractivity contribution is 0.0385. The maximum atomic E-state index is 5.49. The average molecular weight is 222 g/mol. The monoisotopic (exact) mass is 222 g/mol. The molecule has 16 heavy (non-hydrogen) atoms. The number of methoxy groups -OCH3 is 1. The Balaban J connectivity index is 1.84. The minimum atomic E-state index is 0.425. The molecule has 0 aromatic carbocycles. The fourth-order valence-corrected chi connectivity index (χ4v) is 1.98. The topological polar surface area (TPSA) is 64.3 Å². The van der Waals surface area contributed by atoms with Gasteiger partial charge in [-0.15, -0.1) is 0 Å². The number of hydrogen-bond acceptors (Lipinski definition) is 5. The Bertz CT molecular complexity index is 319. The number of ether oxygens (including phenoxy) is 1. The first-order valence-corrected chi connectivity index (χ1v) is 5.59. The van der Waals surface area contributed by atoms with E-state index in [1.807, 2.05) is 0 Å². The van der Waals surface area contributed by atoms with Gasteiger partial charge in [-0.1, -0.05) is 0 Å². The molecule has 88 valence electrons. The molecule has 2 N–H and O–H groups in total. The van der Waals surface area contributed by atoms with Crippen LogP contribution < -0.4 is 5.73 Å². The molecule has 0 spiro atoms. The number of nitrogens with zero attached hydrogens (tertiary/aromatic N) is 3. The Morgan fingerprint density at radius 3 is 2.69 bits per heavy atom. The van der Waals surface area contributed by atoms with Gasteiger partial charge in [-0.2, -0.15) is 0 Å². The Hall–Kier alpha value is -1.20. The summed E-state index contributed by atoms with van der Waals surface area (Å²) in [4.78, 5) is 10.7. The molecule has 2 rings (SSSR count). The maximum absolute atomic E-state index is 5.49. The summed E-state index contributed by atoms with van der Waals surface area (Å²) in [6.07, 6.45) is 5.97. The third kappa shape index (κ3) is 2.90. The van der Waals surface area contributed by atoms with Crippen LogP contribution in [0.1, 0.15) is 18.5 Å². The lowest BCUT2D eigenvalue weighted by Crippen LogP contribution is -2.36. The molecule has 1 saturated heterocycles. The van der Waals surface area contributed by atoms with Crippen LogP contribution in [0, 0.1) is 0 Å². The minimum Gasteiger partial charge on any atom is -0.382 e. The van der Waals surface area contributed by atoms with Crippen LogP contribution in [-0.4, -0.2) is 41.2 Å². The summed E-state index contributed by atoms with van der Waals surface area (Å²) < 4.78 is 5.33. The van der Waals surface area contributed by atoms with E-state index in [4.69, 9.17) is 10.5 Å². The molecule has 0 unspecified atom stereocenters. The largest absolute Gasteiger partial charge is 0.382 e. The van der Waals surface area contributed by atoms with Gasteiger partial charge in [-0.05, 0) is 12.8 Å². The van der Waals surface area contributed by atoms with Gasteiger partial charge in [0.25, 0.3) is 0 Å². The highest BCUT2D eigenvalue weighted by molar-refractivity contribution is 5.22. The molecule has 0 radical (unpaired) electrons. The third-order valence-corrected chi connectivity index (χ3v) is 2.98. The molecule has 5 heteroatoms. The van der Waals surface area contributed by atoms with Gasteiger partial charge in [0.15, 0.2) is 0 Å². The smallest absolute Gasteiger partial charge is 0.141 e. The zero-order chi connectivity index (χ0) is 11.4. The summed E-state index contributed by atoms with van der Waals surface area (Å²) in [6.45, 7) is 2.97. The van der Waals surface area contributed by atoms with E-state index in [-0.39, 0.29) is 0 Å². The predicted molar refractivity (Wildman–Crippen MR) is 61.8 cm³/mol. The number of hydrogen-bond donors (Lipinski definition) is 1. The van der Waals surface area contributed by atoms with Crippen molar-refractivity contribution in [3.8, 4) is 0 Å². The number of nitrogen functional groups attached to an aromatic ring is 1. The van der Waals surface area contributed by atoms with Crippen molar-refractivity contribution in [2.45, 2.75) is 25.5 Å². The first-order chi connectivity index (χ1) is 7.78. The van der Waals surface area contributed by atoms with Crippen molar-refractivity contribution in [1.82, 2.24) is 14.9 Å². The van der Waals surface area contributed by atoms with Gasteiger partial charge in [0, 0.05) is 26.7 Å². The van der Waals surface area contributed by atoms with E-state index in [0.717, 1.165) is 38.2 Å². The quantitative estimate of drug-likeness (QED) is 0.814. The van der Waals surface area contributed by atoms with E-state index in [2.05, 4.69) is 14.9 Å². The van der Waals surface area contributed by atoms with Crippen molar-refractivity contribution < 1.29 is 4.74 Å². The molecule has 1 aliphatic heterocycles. The average Bonchev–Trinajstić information content (AvgIpc) is 2.33. The second-order valence-electron chi connectivity index (χ2n) is 4.14. The SMILES string of the molecule is COC1CCN(Cc2cnc(N)cn2)CC1. The standard InChI is InChI=1S/C11H18N4O/c1-16-10-2-4-15(5-3-10)8-9-6-14-11(12)7-13-9/h6-7,10H,2-5,8H2,1H3,(H2,12,14). The fraction of sp³-hybridized carbons (Fsp3) is 0.636. The van der Waals surface area contributed by atoms with Gasteiger partial charge in [-0.3, -0.25) is 9.88 Å². The Labute approximate surface area is 95.6 Å². The van der Waals surface area contributed by atoms with E-state index in [1.54, 1.807) is 19.5 Å². The molecule has 1 aromatic rings. The van der Waals surface area contributed by atoms with Gasteiger partial charge >= 0.3 is 0 Å². The van der Waals surface area contributed by atoms with E-state index in [9.17, 15) is 0 Å². The number of likely N-dealkylation sites (tertiary alicyclic amines) is 1. The van der Waals surface area contributed by atoms with Gasteiger partial charge in [0.2, 0.25) is 0 Å². The van der Waals surface area contributed by atoms with Crippen LogP contribution in [0.3, 0.4) is 0 Å². The number of piperidine rings is 1. The highest BCUT2D eigenvalue weighted by Crippen LogP contribution is 2.14. The summed E-state index contributed by atoms with van der Waals surface area (Å²) in [7, 11) is 1.78. The fourth-order valence-electron chi connectivity index (χ4n) is 1.98. The maximum Gasteiger partial charge on any atom is 0.141 e. The first-order valence-electron chi connectivity index (χ1n) is 5.59. The summed E-state index contributed by atoms with van der Waals surface area (Å²) in [5.41, 5.74) is 6.47. The molecule has 5 nitrogen and oxygen atoms in total. The molecule has 0 amide bonds. The Morgan fingerprint density at radius 1 is 1.38 bits per heavy atom. The van der Waals surface area contributed by atoms with Crippen LogP contribution in [0.25, 0.3) is 0 Å². The Morgan fingerprint density at radius 2 is 2.12 bits per heavy atom. The highest BCUT2D eigenvalue weighted by Gasteiger charge is 2.18. The summed E-state index contributed by atoms with van der Waals surface area (Å²) >= 11 is 0. The van der Waals surface area contributed by atoms with Crippen LogP contribution in [0.15, 0.2) is 12.4 Å². The van der Waals surface area contributed by atoms with Crippen molar-refractivity contribution in [3.05, 3.63) is 18.1 Å². The van der Waals surface area contributed by atoms with Crippen LogP contribution in [0.4, 0.5) is 5.82 Å². The lowest BCUT2D eigenvalue weighted by Gasteiger charge is -2.30. The van der Waals surface area contributed by atoms with Crippen molar-refractivity contribution in [3.63, 3.8) is 0 Å². The highest BCUT2D eigenvalue weighted by atomic mass is 16.5. The van der Waals surface area contributed by atoms with Gasteiger partial charge in [-0.25, -0.2) is 4.98 Å². The minimum absolute atomic E-state index is 0.425. The van der Waals surface area contributed by atoms with Crippen molar-refractivity contribution in [2.75, 3.05) is 25.9 Å². The second-order valence-corrected chi connectivity index (χ2v) is 4.14. The summed E-state index contributed by atoms with van der Waals surface area (Å²) in [5.74, 6) is 0.474. The zero-order valence-electron chi connectivity index (χ0n) is 9.59. The molecule has 0 atom stereocenters. The molecule has 1 aliphatic rings. The molecule has 0 bridgehead atoms. The molecule has 0 aliphatic carbocycles. The number of anilines is 1. The normalized spacial score (nSPS) is 18.8. The molecule has 0 saturated carbocycles. The number of nitrogens with two attached hydrogens (primary N) is 1. The lowest BCUT2D eigenvalue weighted by atomic mass is 10.1. The molecule has 1 fully saturated rings. The van der Waals surface area contributed by atoms with E-state index in [1.165, 1.54) is 0 Å². The van der Waals surface area contributed by atoms with Crippen LogP contribution in [0.2, 0.25) is 0 Å². The number of rotatable bonds is 3. The van der Waals surface area contributed by atoms with E-state index < -0.39 is 0 Å². The summed E-state index contributed by atoms with van der Waals surface area (Å²) in [6, 6.07) is 0. The molecular formula is C11H18N4O. The predicted octanol–water partition coefficient (Wildman–Crippen LogP) is 0.670. The van der Waals surface area contributed by atoms with Crippen LogP contribution in [-0.2, 0) is 11.3 Å². The zero-order valence-corrected chi connectivity index (χ0v) is 9.59. The number of aromatic nitrogens is 2. The van der Waals surface area contributed by atoms with E-state index in [0.29, 0.717) is 11.9 Å². The van der Waals surface area contributed by atoms with E-state index >= 15 is 0 Å². The van der Waals surface area contributed by atoms with Crippen LogP contribution in [0.5, 0.6) is 0 Å². The molecule has 1 aromatic heterocycles. The first kappa shape index (κ1) is 11.3. The second kappa shape index (κ2) is 5.23. The van der Waals surface area contributed by atoms with Gasteiger partial charge < -0.3 is 10.5 Å². The van der Waals surface area contributed by atoms with Gasteiger partial charge in [0.1, 0.15) is 5.82 Å². The Kier molecular flexibility index (Phi) is 3.69. The van der Waals surface area contributed by atoms with Crippen molar-refractivity contribution in [1.29, 1.82) is 0 Å². The third-order valence-electron chi connectivity index (χ3n) is 2.98. The van der Waals surface area contributed by atoms with Gasteiger partial charge in [0.05, 0.1) is 24.2 Å². The molecular weight excluding hydrogens is 204 g/mol. The van der Waals surface area contributed by atoms with Crippen molar-refractivity contribution >= 4 is 5.82 Å².